The summed E-state index contributed by atoms with van der Waals surface area (Å²) in [4.78, 5) is 42.1. The summed E-state index contributed by atoms with van der Waals surface area (Å²) in [6.45, 7) is 2.15. The lowest BCUT2D eigenvalue weighted by molar-refractivity contribution is -0.183. The van der Waals surface area contributed by atoms with Crippen molar-refractivity contribution in [2.24, 2.45) is 11.8 Å². The minimum atomic E-state index is -1.18. The van der Waals surface area contributed by atoms with Crippen LogP contribution >= 0.6 is 0 Å². The molecule has 3 aliphatic carbocycles. The molecule has 2 saturated heterocycles. The van der Waals surface area contributed by atoms with E-state index in [2.05, 4.69) is 4.90 Å². The van der Waals surface area contributed by atoms with Gasteiger partial charge in [0.05, 0.1) is 5.60 Å². The number of amides is 1. The largest absolute Gasteiger partial charge is 0.508 e. The van der Waals surface area contributed by atoms with Crippen molar-refractivity contribution in [3.05, 3.63) is 29.3 Å². The Hall–Kier alpha value is -2.45. The summed E-state index contributed by atoms with van der Waals surface area (Å²) in [5.41, 5.74) is 0.0159. The first-order valence-electron chi connectivity index (χ1n) is 13.1. The first-order chi connectivity index (χ1) is 16.7. The third-order valence-electron chi connectivity index (χ3n) is 9.63. The Labute approximate surface area is 204 Å². The van der Waals surface area contributed by atoms with Gasteiger partial charge in [-0.05, 0) is 80.7 Å². The van der Waals surface area contributed by atoms with Crippen LogP contribution in [0.3, 0.4) is 0 Å². The molecule has 0 aromatic heterocycles. The summed E-state index contributed by atoms with van der Waals surface area (Å²) in [5, 5.41) is 32.3. The number of carboxylic acids is 1. The number of fused-ring (bicyclic) bond motifs is 1. The summed E-state index contributed by atoms with van der Waals surface area (Å²) >= 11 is 0. The fourth-order valence-electron chi connectivity index (χ4n) is 7.68. The predicted molar refractivity (Wildman–Crippen MR) is 126 cm³/mol. The first kappa shape index (κ1) is 23.0. The molecule has 1 amide bonds. The third kappa shape index (κ3) is 3.51. The Bertz CT molecular complexity index is 1090. The van der Waals surface area contributed by atoms with Crippen molar-refractivity contribution in [1.29, 1.82) is 0 Å². The number of piperidine rings is 1. The molecule has 2 bridgehead atoms. The molecule has 5 unspecified atom stereocenters. The predicted octanol–water partition coefficient (Wildman–Crippen LogP) is 1.85. The summed E-state index contributed by atoms with van der Waals surface area (Å²) < 4.78 is 0. The lowest BCUT2D eigenvalue weighted by Gasteiger charge is -2.64. The Balaban J connectivity index is 1.33. The van der Waals surface area contributed by atoms with Gasteiger partial charge in [-0.1, -0.05) is 6.07 Å². The topological polar surface area (TPSA) is 118 Å². The minimum absolute atomic E-state index is 0.0420. The number of carboxylic acid groups (broad SMARTS) is 1. The van der Waals surface area contributed by atoms with E-state index in [-0.39, 0.29) is 42.7 Å². The van der Waals surface area contributed by atoms with Gasteiger partial charge in [0.1, 0.15) is 17.6 Å². The second-order valence-electron chi connectivity index (χ2n) is 11.6. The van der Waals surface area contributed by atoms with Gasteiger partial charge in [-0.2, -0.15) is 0 Å². The van der Waals surface area contributed by atoms with Crippen LogP contribution in [0.4, 0.5) is 0 Å². The maximum Gasteiger partial charge on any atom is 0.326 e. The van der Waals surface area contributed by atoms with Crippen LogP contribution in [0.5, 0.6) is 5.75 Å². The third-order valence-corrected chi connectivity index (χ3v) is 9.63. The number of carbonyl (C=O) groups is 3. The number of carbonyl (C=O) groups excluding carboxylic acids is 2. The normalized spacial score (nSPS) is 36.5. The number of Topliss-reactive ketones (excluding diaryl/α,β-unsaturated/α-hetero) is 1. The van der Waals surface area contributed by atoms with E-state index in [9.17, 15) is 29.7 Å². The highest BCUT2D eigenvalue weighted by Crippen LogP contribution is 2.59. The molecule has 8 heteroatoms. The molecule has 2 heterocycles. The summed E-state index contributed by atoms with van der Waals surface area (Å²) in [6.07, 6.45) is 5.10. The summed E-state index contributed by atoms with van der Waals surface area (Å²) in [6, 6.07) is 4.38. The van der Waals surface area contributed by atoms with Gasteiger partial charge < -0.3 is 20.2 Å². The molecule has 5 aliphatic rings. The van der Waals surface area contributed by atoms with Crippen molar-refractivity contribution in [1.82, 2.24) is 9.80 Å². The van der Waals surface area contributed by atoms with Crippen molar-refractivity contribution >= 4 is 17.7 Å². The van der Waals surface area contributed by atoms with Crippen LogP contribution < -0.4 is 0 Å². The Kier molecular flexibility index (Phi) is 5.27. The molecule has 1 aromatic rings. The van der Waals surface area contributed by atoms with E-state index in [1.807, 2.05) is 6.07 Å². The van der Waals surface area contributed by atoms with Crippen molar-refractivity contribution < 1.29 is 29.7 Å². The lowest BCUT2D eigenvalue weighted by atomic mass is 9.47. The van der Waals surface area contributed by atoms with E-state index in [0.717, 1.165) is 24.2 Å². The SMILES string of the molecule is O=C1CC23CCN(CC4CC4)C(Cc4ccc(O)cc42)C3(O)CC1CC(=O)N1CCCC1C(=O)O. The number of hydrogen-bond acceptors (Lipinski definition) is 6. The number of nitrogens with zero attached hydrogens (tertiary/aromatic N) is 2. The number of phenolic OH excluding ortho intramolecular Hbond substituents is 1. The van der Waals surface area contributed by atoms with E-state index in [4.69, 9.17) is 0 Å². The van der Waals surface area contributed by atoms with E-state index in [1.54, 1.807) is 12.1 Å². The average molecular weight is 483 g/mol. The van der Waals surface area contributed by atoms with Gasteiger partial charge in [0.2, 0.25) is 5.91 Å². The molecule has 188 valence electrons. The van der Waals surface area contributed by atoms with Gasteiger partial charge in [-0.25, -0.2) is 4.79 Å². The number of aliphatic carboxylic acids is 1. The van der Waals surface area contributed by atoms with Crippen LogP contribution in [0.25, 0.3) is 0 Å². The van der Waals surface area contributed by atoms with Crippen LogP contribution in [0.1, 0.15) is 62.5 Å². The second-order valence-corrected chi connectivity index (χ2v) is 11.6. The van der Waals surface area contributed by atoms with Gasteiger partial charge in [-0.3, -0.25) is 14.5 Å². The minimum Gasteiger partial charge on any atom is -0.508 e. The second kappa shape index (κ2) is 8.03. The molecule has 3 N–H and O–H groups in total. The molecule has 4 fully saturated rings. The zero-order chi connectivity index (χ0) is 24.5. The van der Waals surface area contributed by atoms with Crippen molar-refractivity contribution in [2.45, 2.75) is 80.9 Å². The van der Waals surface area contributed by atoms with Gasteiger partial charge >= 0.3 is 5.97 Å². The molecule has 35 heavy (non-hydrogen) atoms. The van der Waals surface area contributed by atoms with Crippen LogP contribution in [0.15, 0.2) is 18.2 Å². The number of ketones is 1. The quantitative estimate of drug-likeness (QED) is 0.586. The maximum atomic E-state index is 13.5. The number of aliphatic hydroxyl groups is 1. The number of benzene rings is 1. The van der Waals surface area contributed by atoms with E-state index < -0.39 is 28.9 Å². The number of hydrogen-bond donors (Lipinski definition) is 3. The standard InChI is InChI=1S/C27H34N2O6/c30-19-6-5-17-10-23-27(35)13-18(11-24(32)29-8-1-2-21(29)25(33)34)22(31)14-26(27,20(17)12-19)7-9-28(23)15-16-3-4-16/h5-6,12,16,18,21,23,30,35H,1-4,7-11,13-15H2,(H,33,34). The summed E-state index contributed by atoms with van der Waals surface area (Å²) in [7, 11) is 0. The highest BCUT2D eigenvalue weighted by molar-refractivity contribution is 5.91. The van der Waals surface area contributed by atoms with Crippen LogP contribution in [0.2, 0.25) is 0 Å². The van der Waals surface area contributed by atoms with Crippen LogP contribution in [-0.2, 0) is 26.2 Å². The number of likely N-dealkylation sites (tertiary alicyclic amines) is 2. The van der Waals surface area contributed by atoms with Crippen molar-refractivity contribution in [2.75, 3.05) is 19.6 Å². The molecule has 0 spiro atoms. The maximum absolute atomic E-state index is 13.5. The molecular formula is C27H34N2O6. The monoisotopic (exact) mass is 482 g/mol. The summed E-state index contributed by atoms with van der Waals surface area (Å²) in [5.74, 6) is -1.17. The van der Waals surface area contributed by atoms with E-state index in [0.29, 0.717) is 38.1 Å². The van der Waals surface area contributed by atoms with Gasteiger partial charge in [0, 0.05) is 43.3 Å². The molecule has 2 saturated carbocycles. The van der Waals surface area contributed by atoms with Crippen molar-refractivity contribution in [3.63, 3.8) is 0 Å². The van der Waals surface area contributed by atoms with Crippen molar-refractivity contribution in [3.8, 4) is 5.75 Å². The number of phenols is 1. The van der Waals surface area contributed by atoms with Gasteiger partial charge in [0.25, 0.3) is 0 Å². The van der Waals surface area contributed by atoms with Crippen LogP contribution in [-0.4, -0.2) is 80.1 Å². The lowest BCUT2D eigenvalue weighted by Crippen LogP contribution is -2.74. The van der Waals surface area contributed by atoms with E-state index in [1.165, 1.54) is 17.7 Å². The highest BCUT2D eigenvalue weighted by atomic mass is 16.4. The van der Waals surface area contributed by atoms with Crippen LogP contribution in [0, 0.1) is 11.8 Å². The highest BCUT2D eigenvalue weighted by Gasteiger charge is 2.66. The van der Waals surface area contributed by atoms with Gasteiger partial charge in [0.15, 0.2) is 0 Å². The molecule has 5 atom stereocenters. The Morgan fingerprint density at radius 2 is 1.94 bits per heavy atom. The fraction of sp³-hybridized carbons (Fsp3) is 0.667. The smallest absolute Gasteiger partial charge is 0.326 e. The number of rotatable bonds is 5. The first-order valence-corrected chi connectivity index (χ1v) is 13.1. The molecule has 2 aliphatic heterocycles. The Morgan fingerprint density at radius 3 is 2.69 bits per heavy atom. The molecule has 8 nitrogen and oxygen atoms in total. The molecule has 6 rings (SSSR count). The zero-order valence-electron chi connectivity index (χ0n) is 20.0. The van der Waals surface area contributed by atoms with E-state index >= 15 is 0 Å². The Morgan fingerprint density at radius 1 is 1.14 bits per heavy atom. The molecular weight excluding hydrogens is 448 g/mol. The average Bonchev–Trinajstić information content (AvgIpc) is 3.47. The number of aromatic hydroxyl groups is 1. The van der Waals surface area contributed by atoms with Gasteiger partial charge in [-0.15, -0.1) is 0 Å². The molecule has 0 radical (unpaired) electrons. The zero-order valence-corrected chi connectivity index (χ0v) is 20.0. The fourth-order valence-corrected chi connectivity index (χ4v) is 7.68. The molecule has 1 aromatic carbocycles.